The normalized spacial score (nSPS) is 16.9. The molecule has 1 aliphatic heterocycles. The highest BCUT2D eigenvalue weighted by atomic mass is 16.5. The molecule has 1 aromatic carbocycles. The first-order valence-corrected chi connectivity index (χ1v) is 6.00. The number of ether oxygens (including phenoxy) is 1. The SMILES string of the molecule is Oc1ccc2ccnc(NN3CCOCC3)c2c1. The molecule has 0 spiro atoms. The summed E-state index contributed by atoms with van der Waals surface area (Å²) in [7, 11) is 0. The van der Waals surface area contributed by atoms with Crippen LogP contribution in [0.25, 0.3) is 10.8 Å². The summed E-state index contributed by atoms with van der Waals surface area (Å²) in [6, 6.07) is 7.22. The molecule has 1 aliphatic rings. The summed E-state index contributed by atoms with van der Waals surface area (Å²) < 4.78 is 5.30. The third kappa shape index (κ3) is 2.23. The molecule has 2 heterocycles. The van der Waals surface area contributed by atoms with Crippen LogP contribution in [-0.4, -0.2) is 41.4 Å². The predicted octanol–water partition coefficient (Wildman–Crippen LogP) is 1.60. The maximum absolute atomic E-state index is 9.57. The Balaban J connectivity index is 1.92. The number of nitrogens with one attached hydrogen (secondary N) is 1. The fraction of sp³-hybridized carbons (Fsp3) is 0.308. The lowest BCUT2D eigenvalue weighted by Gasteiger charge is -2.27. The number of phenols is 1. The average Bonchev–Trinajstić information content (AvgIpc) is 2.41. The number of phenolic OH excluding ortho intramolecular Hbond substituents is 1. The number of nitrogens with zero attached hydrogens (tertiary/aromatic N) is 2. The van der Waals surface area contributed by atoms with Gasteiger partial charge in [0.2, 0.25) is 0 Å². The van der Waals surface area contributed by atoms with Crippen LogP contribution >= 0.6 is 0 Å². The van der Waals surface area contributed by atoms with Crippen LogP contribution in [0.5, 0.6) is 5.75 Å². The lowest BCUT2D eigenvalue weighted by molar-refractivity contribution is 0.0495. The van der Waals surface area contributed by atoms with Crippen molar-refractivity contribution in [2.75, 3.05) is 31.7 Å². The van der Waals surface area contributed by atoms with E-state index in [1.54, 1.807) is 18.3 Å². The average molecular weight is 245 g/mol. The van der Waals surface area contributed by atoms with Crippen LogP contribution < -0.4 is 5.43 Å². The van der Waals surface area contributed by atoms with Crippen LogP contribution in [0.3, 0.4) is 0 Å². The van der Waals surface area contributed by atoms with Crippen molar-refractivity contribution in [3.63, 3.8) is 0 Å². The lowest BCUT2D eigenvalue weighted by Crippen LogP contribution is -2.40. The Kier molecular flexibility index (Phi) is 3.00. The van der Waals surface area contributed by atoms with E-state index in [0.717, 1.165) is 42.9 Å². The number of benzene rings is 1. The number of hydrogen-bond donors (Lipinski definition) is 2. The summed E-state index contributed by atoms with van der Waals surface area (Å²) >= 11 is 0. The zero-order valence-electron chi connectivity index (χ0n) is 9.97. The maximum atomic E-state index is 9.57. The Morgan fingerprint density at radius 1 is 1.22 bits per heavy atom. The summed E-state index contributed by atoms with van der Waals surface area (Å²) in [5.74, 6) is 1.02. The third-order valence-electron chi connectivity index (χ3n) is 3.02. The second-order valence-corrected chi connectivity index (χ2v) is 4.28. The molecule has 3 rings (SSSR count). The van der Waals surface area contributed by atoms with Gasteiger partial charge in [-0.15, -0.1) is 0 Å². The van der Waals surface area contributed by atoms with E-state index in [4.69, 9.17) is 4.74 Å². The van der Waals surface area contributed by atoms with E-state index in [-0.39, 0.29) is 5.75 Å². The van der Waals surface area contributed by atoms with Crippen molar-refractivity contribution in [1.29, 1.82) is 0 Å². The molecule has 1 aromatic heterocycles. The number of aromatic hydroxyl groups is 1. The van der Waals surface area contributed by atoms with Gasteiger partial charge in [-0.05, 0) is 23.6 Å². The molecule has 94 valence electrons. The van der Waals surface area contributed by atoms with Crippen LogP contribution in [0.15, 0.2) is 30.5 Å². The van der Waals surface area contributed by atoms with E-state index in [0.29, 0.717) is 0 Å². The highest BCUT2D eigenvalue weighted by molar-refractivity contribution is 5.92. The molecule has 5 nitrogen and oxygen atoms in total. The second-order valence-electron chi connectivity index (χ2n) is 4.28. The molecular weight excluding hydrogens is 230 g/mol. The van der Waals surface area contributed by atoms with Crippen molar-refractivity contribution in [2.24, 2.45) is 0 Å². The van der Waals surface area contributed by atoms with Crippen molar-refractivity contribution in [3.8, 4) is 5.75 Å². The number of fused-ring (bicyclic) bond motifs is 1. The van der Waals surface area contributed by atoms with Crippen LogP contribution in [0.1, 0.15) is 0 Å². The molecule has 0 amide bonds. The fourth-order valence-electron chi connectivity index (χ4n) is 2.07. The Labute approximate surface area is 105 Å². The minimum atomic E-state index is 0.250. The summed E-state index contributed by atoms with van der Waals surface area (Å²) in [6.45, 7) is 3.11. The van der Waals surface area contributed by atoms with Gasteiger partial charge in [-0.3, -0.25) is 0 Å². The third-order valence-corrected chi connectivity index (χ3v) is 3.02. The number of pyridine rings is 1. The molecule has 0 saturated carbocycles. The minimum absolute atomic E-state index is 0.250. The number of morpholine rings is 1. The van der Waals surface area contributed by atoms with Gasteiger partial charge in [-0.1, -0.05) is 6.07 Å². The largest absolute Gasteiger partial charge is 0.508 e. The molecular formula is C13H15N3O2. The second kappa shape index (κ2) is 4.80. The van der Waals surface area contributed by atoms with Crippen molar-refractivity contribution in [2.45, 2.75) is 0 Å². The van der Waals surface area contributed by atoms with Gasteiger partial charge in [0.15, 0.2) is 0 Å². The molecule has 0 bridgehead atoms. The van der Waals surface area contributed by atoms with Crippen molar-refractivity contribution < 1.29 is 9.84 Å². The van der Waals surface area contributed by atoms with Crippen LogP contribution in [-0.2, 0) is 4.74 Å². The molecule has 0 aliphatic carbocycles. The van der Waals surface area contributed by atoms with Gasteiger partial charge in [0.25, 0.3) is 0 Å². The fourth-order valence-corrected chi connectivity index (χ4v) is 2.07. The monoisotopic (exact) mass is 245 g/mol. The first-order valence-electron chi connectivity index (χ1n) is 6.00. The summed E-state index contributed by atoms with van der Waals surface area (Å²) in [5, 5.41) is 13.6. The number of anilines is 1. The molecule has 5 heteroatoms. The van der Waals surface area contributed by atoms with Gasteiger partial charge in [0.05, 0.1) is 13.2 Å². The van der Waals surface area contributed by atoms with E-state index in [1.165, 1.54) is 0 Å². The van der Waals surface area contributed by atoms with Gasteiger partial charge in [-0.2, -0.15) is 0 Å². The number of hydrogen-bond acceptors (Lipinski definition) is 5. The minimum Gasteiger partial charge on any atom is -0.508 e. The van der Waals surface area contributed by atoms with Crippen LogP contribution in [0, 0.1) is 0 Å². The molecule has 0 unspecified atom stereocenters. The maximum Gasteiger partial charge on any atom is 0.148 e. The predicted molar refractivity (Wildman–Crippen MR) is 69.4 cm³/mol. The van der Waals surface area contributed by atoms with Crippen molar-refractivity contribution in [1.82, 2.24) is 9.99 Å². The zero-order chi connectivity index (χ0) is 12.4. The van der Waals surface area contributed by atoms with E-state index >= 15 is 0 Å². The van der Waals surface area contributed by atoms with Crippen LogP contribution in [0.4, 0.5) is 5.82 Å². The van der Waals surface area contributed by atoms with Gasteiger partial charge in [0.1, 0.15) is 11.6 Å². The summed E-state index contributed by atoms with van der Waals surface area (Å²) in [4.78, 5) is 4.34. The van der Waals surface area contributed by atoms with E-state index in [2.05, 4.69) is 15.4 Å². The Morgan fingerprint density at radius 3 is 2.89 bits per heavy atom. The molecule has 2 N–H and O–H groups in total. The summed E-state index contributed by atoms with van der Waals surface area (Å²) in [5.41, 5.74) is 3.28. The van der Waals surface area contributed by atoms with E-state index in [1.807, 2.05) is 12.1 Å². The standard InChI is InChI=1S/C13H15N3O2/c17-11-2-1-10-3-4-14-13(12(10)9-11)15-16-5-7-18-8-6-16/h1-4,9,17H,5-8H2,(H,14,15). The summed E-state index contributed by atoms with van der Waals surface area (Å²) in [6.07, 6.45) is 1.77. The molecule has 2 aromatic rings. The smallest absolute Gasteiger partial charge is 0.148 e. The van der Waals surface area contributed by atoms with Crippen molar-refractivity contribution >= 4 is 16.6 Å². The first kappa shape index (κ1) is 11.3. The highest BCUT2D eigenvalue weighted by Gasteiger charge is 2.12. The first-order chi connectivity index (χ1) is 8.83. The molecule has 1 fully saturated rings. The quantitative estimate of drug-likeness (QED) is 0.841. The highest BCUT2D eigenvalue weighted by Crippen LogP contribution is 2.25. The lowest BCUT2D eigenvalue weighted by atomic mass is 10.1. The Bertz CT molecular complexity index is 553. The molecule has 0 atom stereocenters. The molecule has 1 saturated heterocycles. The van der Waals surface area contributed by atoms with Crippen molar-refractivity contribution in [3.05, 3.63) is 30.5 Å². The topological polar surface area (TPSA) is 57.6 Å². The van der Waals surface area contributed by atoms with Gasteiger partial charge in [0, 0.05) is 24.7 Å². The van der Waals surface area contributed by atoms with E-state index in [9.17, 15) is 5.11 Å². The van der Waals surface area contributed by atoms with Gasteiger partial charge >= 0.3 is 0 Å². The van der Waals surface area contributed by atoms with Gasteiger partial charge in [-0.25, -0.2) is 9.99 Å². The zero-order valence-corrected chi connectivity index (χ0v) is 9.97. The van der Waals surface area contributed by atoms with Gasteiger partial charge < -0.3 is 15.3 Å². The number of aromatic nitrogens is 1. The van der Waals surface area contributed by atoms with Crippen LogP contribution in [0.2, 0.25) is 0 Å². The Morgan fingerprint density at radius 2 is 2.06 bits per heavy atom. The molecule has 18 heavy (non-hydrogen) atoms. The Hall–Kier alpha value is -1.85. The number of rotatable bonds is 2. The molecule has 0 radical (unpaired) electrons. The van der Waals surface area contributed by atoms with E-state index < -0.39 is 0 Å². The number of hydrazine groups is 1.